The van der Waals surface area contributed by atoms with E-state index in [1.165, 1.54) is 18.3 Å². The van der Waals surface area contributed by atoms with Crippen LogP contribution < -0.4 is 4.74 Å². The molecular weight excluding hydrogens is 415 g/mol. The van der Waals surface area contributed by atoms with Gasteiger partial charge in [0.2, 0.25) is 0 Å². The van der Waals surface area contributed by atoms with Crippen LogP contribution in [0.15, 0.2) is 54.7 Å². The highest BCUT2D eigenvalue weighted by atomic mass is 19.4. The number of aromatic nitrogens is 2. The van der Waals surface area contributed by atoms with Crippen LogP contribution in [0, 0.1) is 16.0 Å². The molecule has 0 N–H and O–H groups in total. The van der Waals surface area contributed by atoms with E-state index in [0.29, 0.717) is 31.9 Å². The molecule has 0 saturated heterocycles. The van der Waals surface area contributed by atoms with Gasteiger partial charge in [-0.1, -0.05) is 36.4 Å². The Hall–Kier alpha value is -3.40. The van der Waals surface area contributed by atoms with Crippen LogP contribution in [0.5, 0.6) is 6.01 Å². The number of imidazole rings is 1. The van der Waals surface area contributed by atoms with Crippen LogP contribution in [0.25, 0.3) is 11.1 Å². The van der Waals surface area contributed by atoms with E-state index in [4.69, 9.17) is 9.47 Å². The molecule has 0 aliphatic carbocycles. The van der Waals surface area contributed by atoms with Gasteiger partial charge in [-0.25, -0.2) is 0 Å². The van der Waals surface area contributed by atoms with Crippen LogP contribution in [0.4, 0.5) is 19.0 Å². The van der Waals surface area contributed by atoms with Crippen molar-refractivity contribution in [3.05, 3.63) is 76.0 Å². The molecule has 0 bridgehead atoms. The fourth-order valence-corrected chi connectivity index (χ4v) is 3.33. The molecular formula is C21H18F3N3O4. The molecule has 2 aromatic carbocycles. The maximum absolute atomic E-state index is 12.7. The molecule has 3 aromatic rings. The van der Waals surface area contributed by atoms with E-state index in [0.717, 1.165) is 23.3 Å². The van der Waals surface area contributed by atoms with Crippen molar-refractivity contribution in [3.63, 3.8) is 0 Å². The molecule has 0 amide bonds. The minimum Gasteiger partial charge on any atom is -0.445 e. The summed E-state index contributed by atoms with van der Waals surface area (Å²) in [6.45, 7) is 1.65. The largest absolute Gasteiger partial charge is 0.445 e. The van der Waals surface area contributed by atoms with Gasteiger partial charge in [0.15, 0.2) is 0 Å². The van der Waals surface area contributed by atoms with Gasteiger partial charge in [0.05, 0.1) is 18.8 Å². The lowest BCUT2D eigenvalue weighted by Crippen LogP contribution is -2.28. The van der Waals surface area contributed by atoms with E-state index in [2.05, 4.69) is 4.98 Å². The summed E-state index contributed by atoms with van der Waals surface area (Å²) in [6.07, 6.45) is -3.00. The second-order valence-corrected chi connectivity index (χ2v) is 7.26. The normalized spacial score (nSPS) is 15.9. The molecule has 7 nitrogen and oxygen atoms in total. The summed E-state index contributed by atoms with van der Waals surface area (Å²) in [5.41, 5.74) is 1.76. The first kappa shape index (κ1) is 20.9. The smallest absolute Gasteiger partial charge is 0.416 e. The molecule has 2 heterocycles. The number of benzene rings is 2. The van der Waals surface area contributed by atoms with Gasteiger partial charge < -0.3 is 19.6 Å². The molecule has 0 radical (unpaired) electrons. The third kappa shape index (κ3) is 4.85. The minimum absolute atomic E-state index is 0.0349. The Labute approximate surface area is 175 Å². The van der Waals surface area contributed by atoms with Crippen molar-refractivity contribution in [2.75, 3.05) is 13.2 Å². The van der Waals surface area contributed by atoms with E-state index < -0.39 is 16.7 Å². The second kappa shape index (κ2) is 8.38. The Balaban J connectivity index is 1.29. The van der Waals surface area contributed by atoms with Crippen LogP contribution in [0.1, 0.15) is 11.1 Å². The third-order valence-corrected chi connectivity index (χ3v) is 4.94. The summed E-state index contributed by atoms with van der Waals surface area (Å²) >= 11 is 0. The van der Waals surface area contributed by atoms with Crippen molar-refractivity contribution < 1.29 is 27.6 Å². The molecule has 1 unspecified atom stereocenters. The first-order chi connectivity index (χ1) is 14.8. The predicted molar refractivity (Wildman–Crippen MR) is 104 cm³/mol. The van der Waals surface area contributed by atoms with Gasteiger partial charge in [0.25, 0.3) is 0 Å². The number of halogens is 3. The lowest BCUT2D eigenvalue weighted by molar-refractivity contribution is -0.389. The molecule has 1 aliphatic heterocycles. The predicted octanol–water partition coefficient (Wildman–Crippen LogP) is 4.70. The quantitative estimate of drug-likeness (QED) is 0.416. The molecule has 10 heteroatoms. The highest BCUT2D eigenvalue weighted by Crippen LogP contribution is 2.31. The fraction of sp³-hybridized carbons (Fsp3) is 0.286. The number of alkyl halides is 3. The van der Waals surface area contributed by atoms with Crippen LogP contribution in [0.3, 0.4) is 0 Å². The first-order valence-corrected chi connectivity index (χ1v) is 9.48. The molecule has 1 atom stereocenters. The van der Waals surface area contributed by atoms with Gasteiger partial charge in [-0.15, -0.1) is 0 Å². The zero-order chi connectivity index (χ0) is 22.0. The maximum atomic E-state index is 12.7. The number of nitrogens with zero attached hydrogens (tertiary/aromatic N) is 3. The van der Waals surface area contributed by atoms with Gasteiger partial charge in [-0.2, -0.15) is 13.2 Å². The monoisotopic (exact) mass is 433 g/mol. The average molecular weight is 433 g/mol. The Morgan fingerprint density at radius 1 is 1.13 bits per heavy atom. The third-order valence-electron chi connectivity index (χ3n) is 4.94. The first-order valence-electron chi connectivity index (χ1n) is 9.48. The molecule has 162 valence electrons. The molecule has 31 heavy (non-hydrogen) atoms. The number of rotatable bonds is 6. The zero-order valence-electron chi connectivity index (χ0n) is 16.2. The highest BCUT2D eigenvalue weighted by molar-refractivity contribution is 5.64. The van der Waals surface area contributed by atoms with E-state index >= 15 is 0 Å². The number of nitro groups is 1. The van der Waals surface area contributed by atoms with Crippen LogP contribution in [-0.2, 0) is 24.1 Å². The van der Waals surface area contributed by atoms with Crippen LogP contribution in [-0.4, -0.2) is 27.7 Å². The summed E-state index contributed by atoms with van der Waals surface area (Å²) in [5, 5.41) is 10.8. The van der Waals surface area contributed by atoms with Crippen LogP contribution in [0.2, 0.25) is 0 Å². The molecule has 1 aliphatic rings. The van der Waals surface area contributed by atoms with Gasteiger partial charge in [-0.3, -0.25) is 4.57 Å². The van der Waals surface area contributed by atoms with Crippen molar-refractivity contribution in [1.82, 2.24) is 9.55 Å². The number of fused-ring (bicyclic) bond motifs is 1. The Morgan fingerprint density at radius 3 is 2.39 bits per heavy atom. The lowest BCUT2D eigenvalue weighted by Gasteiger charge is -2.21. The molecule has 0 fully saturated rings. The summed E-state index contributed by atoms with van der Waals surface area (Å²) in [5.74, 6) is -0.211. The van der Waals surface area contributed by atoms with E-state index in [1.54, 1.807) is 4.57 Å². The van der Waals surface area contributed by atoms with Crippen molar-refractivity contribution in [1.29, 1.82) is 0 Å². The summed E-state index contributed by atoms with van der Waals surface area (Å²) in [6, 6.07) is 12.7. The Bertz CT molecular complexity index is 1060. The van der Waals surface area contributed by atoms with Gasteiger partial charge in [0, 0.05) is 17.4 Å². The highest BCUT2D eigenvalue weighted by Gasteiger charge is 2.30. The minimum atomic E-state index is -4.35. The number of hydrogen-bond acceptors (Lipinski definition) is 5. The summed E-state index contributed by atoms with van der Waals surface area (Å²) in [4.78, 5) is 14.0. The maximum Gasteiger partial charge on any atom is 0.416 e. The Kier molecular flexibility index (Phi) is 5.64. The van der Waals surface area contributed by atoms with Crippen molar-refractivity contribution in [2.24, 2.45) is 5.92 Å². The fourth-order valence-electron chi connectivity index (χ4n) is 3.33. The number of hydrogen-bond donors (Lipinski definition) is 0. The average Bonchev–Trinajstić information content (AvgIpc) is 3.18. The number of ether oxygens (including phenoxy) is 2. The van der Waals surface area contributed by atoms with Crippen molar-refractivity contribution >= 4 is 5.82 Å². The Morgan fingerprint density at radius 2 is 1.77 bits per heavy atom. The summed E-state index contributed by atoms with van der Waals surface area (Å²) < 4.78 is 50.9. The van der Waals surface area contributed by atoms with Gasteiger partial charge in [0.1, 0.15) is 12.8 Å². The SMILES string of the molecule is O=[N+]([O-])c1cn2c(n1)OCC(COCc1ccc(-c3ccc(C(F)(F)F)cc3)cc1)C2. The van der Waals surface area contributed by atoms with E-state index in [1.807, 2.05) is 24.3 Å². The van der Waals surface area contributed by atoms with Crippen molar-refractivity contribution in [2.45, 2.75) is 19.3 Å². The lowest BCUT2D eigenvalue weighted by atomic mass is 10.0. The molecule has 0 spiro atoms. The standard InChI is InChI=1S/C21H18F3N3O4/c22-21(23,24)18-7-5-17(6-8-18)16-3-1-14(2-4-16)11-30-12-15-9-26-10-19(27(28)29)25-20(26)31-13-15/h1-8,10,15H,9,11-13H2. The van der Waals surface area contributed by atoms with Crippen LogP contribution >= 0.6 is 0 Å². The molecule has 1 aromatic heterocycles. The molecule has 0 saturated carbocycles. The van der Waals surface area contributed by atoms with Gasteiger partial charge in [-0.05, 0) is 33.7 Å². The second-order valence-electron chi connectivity index (χ2n) is 7.26. The van der Waals surface area contributed by atoms with E-state index in [-0.39, 0.29) is 17.7 Å². The summed E-state index contributed by atoms with van der Waals surface area (Å²) in [7, 11) is 0. The zero-order valence-corrected chi connectivity index (χ0v) is 16.2. The van der Waals surface area contributed by atoms with E-state index in [9.17, 15) is 23.3 Å². The van der Waals surface area contributed by atoms with Crippen molar-refractivity contribution in [3.8, 4) is 17.1 Å². The molecule has 4 rings (SSSR count). The topological polar surface area (TPSA) is 79.4 Å². The van der Waals surface area contributed by atoms with Gasteiger partial charge >= 0.3 is 18.0 Å².